The summed E-state index contributed by atoms with van der Waals surface area (Å²) in [5.74, 6) is -0.545. The van der Waals surface area contributed by atoms with E-state index >= 15 is 0 Å². The molecule has 1 aromatic rings. The molecule has 0 aromatic heterocycles. The third kappa shape index (κ3) is 3.98. The number of ether oxygens (including phenoxy) is 1. The van der Waals surface area contributed by atoms with E-state index in [9.17, 15) is 9.59 Å². The highest BCUT2D eigenvalue weighted by molar-refractivity contribution is 5.89. The van der Waals surface area contributed by atoms with Gasteiger partial charge in [0.25, 0.3) is 5.91 Å². The van der Waals surface area contributed by atoms with Gasteiger partial charge in [-0.15, -0.1) is 0 Å². The predicted molar refractivity (Wildman–Crippen MR) is 71.6 cm³/mol. The van der Waals surface area contributed by atoms with Crippen LogP contribution in [0.2, 0.25) is 0 Å². The average Bonchev–Trinajstić information content (AvgIpc) is 2.37. The van der Waals surface area contributed by atoms with Crippen molar-refractivity contribution in [2.75, 3.05) is 19.7 Å². The number of hydrogen-bond acceptors (Lipinski definition) is 3. The molecule has 0 fully saturated rings. The molecule has 0 saturated carbocycles. The van der Waals surface area contributed by atoms with Crippen molar-refractivity contribution in [3.63, 3.8) is 0 Å². The molecule has 0 unspecified atom stereocenters. The maximum Gasteiger partial charge on any atom is 0.335 e. The van der Waals surface area contributed by atoms with Crippen LogP contribution in [-0.4, -0.2) is 41.6 Å². The van der Waals surface area contributed by atoms with Gasteiger partial charge in [0.1, 0.15) is 5.75 Å². The van der Waals surface area contributed by atoms with Crippen LogP contribution in [0.5, 0.6) is 5.75 Å². The molecule has 5 heteroatoms. The Hall–Kier alpha value is -2.04. The van der Waals surface area contributed by atoms with Gasteiger partial charge in [-0.3, -0.25) is 4.79 Å². The number of aromatic carboxylic acids is 1. The van der Waals surface area contributed by atoms with E-state index in [0.29, 0.717) is 24.4 Å². The molecule has 0 aliphatic rings. The van der Waals surface area contributed by atoms with Gasteiger partial charge >= 0.3 is 5.97 Å². The molecule has 5 nitrogen and oxygen atoms in total. The summed E-state index contributed by atoms with van der Waals surface area (Å²) in [6, 6.07) is 4.67. The molecule has 0 spiro atoms. The first-order valence-corrected chi connectivity index (χ1v) is 6.24. The molecule has 1 rings (SSSR count). The lowest BCUT2D eigenvalue weighted by molar-refractivity contribution is -0.132. The van der Waals surface area contributed by atoms with E-state index in [0.717, 1.165) is 0 Å². The minimum absolute atomic E-state index is 0.0342. The number of benzene rings is 1. The summed E-state index contributed by atoms with van der Waals surface area (Å²) in [4.78, 5) is 24.3. The second-order valence-corrected chi connectivity index (χ2v) is 4.14. The Morgan fingerprint density at radius 1 is 1.26 bits per heavy atom. The van der Waals surface area contributed by atoms with Crippen LogP contribution < -0.4 is 4.74 Å². The van der Waals surface area contributed by atoms with Crippen LogP contribution in [0.4, 0.5) is 0 Å². The van der Waals surface area contributed by atoms with Gasteiger partial charge in [0.05, 0.1) is 5.56 Å². The van der Waals surface area contributed by atoms with E-state index < -0.39 is 5.97 Å². The molecule has 0 bridgehead atoms. The number of carboxylic acids is 1. The van der Waals surface area contributed by atoms with E-state index in [1.807, 2.05) is 13.8 Å². The minimum atomic E-state index is -0.969. The van der Waals surface area contributed by atoms with E-state index in [1.54, 1.807) is 24.0 Å². The highest BCUT2D eigenvalue weighted by Crippen LogP contribution is 2.17. The molecule has 1 N–H and O–H groups in total. The maximum absolute atomic E-state index is 11.7. The maximum atomic E-state index is 11.7. The molecule has 0 saturated heterocycles. The van der Waals surface area contributed by atoms with Gasteiger partial charge in [-0.1, -0.05) is 0 Å². The van der Waals surface area contributed by atoms with E-state index in [2.05, 4.69) is 0 Å². The summed E-state index contributed by atoms with van der Waals surface area (Å²) in [5, 5.41) is 8.91. The lowest BCUT2D eigenvalue weighted by Gasteiger charge is -2.18. The second kappa shape index (κ2) is 6.78. The third-order valence-corrected chi connectivity index (χ3v) is 2.91. The Kier molecular flexibility index (Phi) is 5.36. The van der Waals surface area contributed by atoms with Crippen molar-refractivity contribution >= 4 is 11.9 Å². The number of carbonyl (C=O) groups excluding carboxylic acids is 1. The van der Waals surface area contributed by atoms with Crippen LogP contribution in [0.15, 0.2) is 18.2 Å². The number of aryl methyl sites for hydroxylation is 1. The highest BCUT2D eigenvalue weighted by atomic mass is 16.5. The Morgan fingerprint density at radius 3 is 2.37 bits per heavy atom. The van der Waals surface area contributed by atoms with Crippen LogP contribution in [0.3, 0.4) is 0 Å². The fourth-order valence-corrected chi connectivity index (χ4v) is 1.78. The summed E-state index contributed by atoms with van der Waals surface area (Å²) >= 11 is 0. The topological polar surface area (TPSA) is 66.8 Å². The monoisotopic (exact) mass is 265 g/mol. The van der Waals surface area contributed by atoms with E-state index in [4.69, 9.17) is 9.84 Å². The van der Waals surface area contributed by atoms with Crippen LogP contribution >= 0.6 is 0 Å². The number of carbonyl (C=O) groups is 2. The molecule has 1 amide bonds. The van der Waals surface area contributed by atoms with Gasteiger partial charge in [-0.05, 0) is 44.5 Å². The molecule has 0 atom stereocenters. The van der Waals surface area contributed by atoms with E-state index in [1.165, 1.54) is 6.07 Å². The molecule has 19 heavy (non-hydrogen) atoms. The van der Waals surface area contributed by atoms with Gasteiger partial charge in [0, 0.05) is 13.1 Å². The first-order valence-electron chi connectivity index (χ1n) is 6.24. The number of amides is 1. The average molecular weight is 265 g/mol. The van der Waals surface area contributed by atoms with Gasteiger partial charge in [-0.25, -0.2) is 4.79 Å². The first-order chi connectivity index (χ1) is 8.99. The van der Waals surface area contributed by atoms with Crippen molar-refractivity contribution in [3.8, 4) is 5.75 Å². The summed E-state index contributed by atoms with van der Waals surface area (Å²) in [5.41, 5.74) is 0.850. The second-order valence-electron chi connectivity index (χ2n) is 4.14. The molecule has 0 heterocycles. The smallest absolute Gasteiger partial charge is 0.335 e. The molecule has 0 aliphatic carbocycles. The SMILES string of the molecule is CCN(CC)C(=O)COc1ccc(C(=O)O)c(C)c1. The molecule has 1 aromatic carbocycles. The number of hydrogen-bond donors (Lipinski definition) is 1. The largest absolute Gasteiger partial charge is 0.484 e. The zero-order valence-corrected chi connectivity index (χ0v) is 11.5. The molecule has 0 radical (unpaired) electrons. The van der Waals surface area contributed by atoms with Crippen molar-refractivity contribution in [1.82, 2.24) is 4.90 Å². The van der Waals surface area contributed by atoms with Crippen LogP contribution in [-0.2, 0) is 4.79 Å². The summed E-state index contributed by atoms with van der Waals surface area (Å²) < 4.78 is 5.38. The van der Waals surface area contributed by atoms with Gasteiger partial charge in [0.15, 0.2) is 6.61 Å². The van der Waals surface area contributed by atoms with Gasteiger partial charge < -0.3 is 14.7 Å². The summed E-state index contributed by atoms with van der Waals surface area (Å²) in [6.07, 6.45) is 0. The quantitative estimate of drug-likeness (QED) is 0.853. The Balaban J connectivity index is 2.66. The fourth-order valence-electron chi connectivity index (χ4n) is 1.78. The van der Waals surface area contributed by atoms with Crippen LogP contribution in [0, 0.1) is 6.92 Å². The number of nitrogens with zero attached hydrogens (tertiary/aromatic N) is 1. The first kappa shape index (κ1) is 15.0. The Morgan fingerprint density at radius 2 is 1.89 bits per heavy atom. The van der Waals surface area contributed by atoms with E-state index in [-0.39, 0.29) is 18.1 Å². The lowest BCUT2D eigenvalue weighted by Crippen LogP contribution is -2.34. The zero-order chi connectivity index (χ0) is 14.4. The van der Waals surface area contributed by atoms with Gasteiger partial charge in [-0.2, -0.15) is 0 Å². The van der Waals surface area contributed by atoms with Gasteiger partial charge in [0.2, 0.25) is 0 Å². The van der Waals surface area contributed by atoms with Crippen molar-refractivity contribution in [3.05, 3.63) is 29.3 Å². The van der Waals surface area contributed by atoms with Crippen molar-refractivity contribution in [2.24, 2.45) is 0 Å². The normalized spacial score (nSPS) is 10.1. The summed E-state index contributed by atoms with van der Waals surface area (Å²) in [7, 11) is 0. The highest BCUT2D eigenvalue weighted by Gasteiger charge is 2.11. The molecular weight excluding hydrogens is 246 g/mol. The Bertz CT molecular complexity index is 467. The predicted octanol–water partition coefficient (Wildman–Crippen LogP) is 1.94. The fraction of sp³-hybridized carbons (Fsp3) is 0.429. The lowest BCUT2D eigenvalue weighted by atomic mass is 10.1. The standard InChI is InChI=1S/C14H19NO4/c1-4-15(5-2)13(16)9-19-11-6-7-12(14(17)18)10(3)8-11/h6-8H,4-5,9H2,1-3H3,(H,17,18). The Labute approximate surface area is 112 Å². The zero-order valence-electron chi connectivity index (χ0n) is 11.5. The molecule has 104 valence electrons. The van der Waals surface area contributed by atoms with Crippen molar-refractivity contribution < 1.29 is 19.4 Å². The molecular formula is C14H19NO4. The van der Waals surface area contributed by atoms with Crippen LogP contribution in [0.25, 0.3) is 0 Å². The number of rotatable bonds is 6. The number of carboxylic acid groups (broad SMARTS) is 1. The molecule has 0 aliphatic heterocycles. The van der Waals surface area contributed by atoms with Crippen molar-refractivity contribution in [2.45, 2.75) is 20.8 Å². The number of likely N-dealkylation sites (N-methyl/N-ethyl adjacent to an activating group) is 1. The third-order valence-electron chi connectivity index (χ3n) is 2.91. The minimum Gasteiger partial charge on any atom is -0.484 e. The van der Waals surface area contributed by atoms with Crippen LogP contribution in [0.1, 0.15) is 29.8 Å². The van der Waals surface area contributed by atoms with Crippen molar-refractivity contribution in [1.29, 1.82) is 0 Å². The summed E-state index contributed by atoms with van der Waals surface area (Å²) in [6.45, 7) is 6.78.